The quantitative estimate of drug-likeness (QED) is 0.120. The number of nitrogens with one attached hydrogen (secondary N) is 4. The molecule has 0 aromatic rings. The number of nitrogens with zero attached hydrogens (tertiary/aromatic N) is 9. The fourth-order valence-corrected chi connectivity index (χ4v) is 6.64. The summed E-state index contributed by atoms with van der Waals surface area (Å²) in [6.45, 7) is 21.1. The third-order valence-corrected chi connectivity index (χ3v) is 10.6. The van der Waals surface area contributed by atoms with Crippen molar-refractivity contribution >= 4 is 145 Å². The molecule has 0 bridgehead atoms. The molecule has 283 valence electrons. The van der Waals surface area contributed by atoms with Gasteiger partial charge >= 0.3 is 363 Å². The molecule has 0 aliphatic carbocycles. The van der Waals surface area contributed by atoms with E-state index in [4.69, 9.17) is 5.41 Å². The molecule has 0 saturated carbocycles. The summed E-state index contributed by atoms with van der Waals surface area (Å²) in [6, 6.07) is 0.590. The molecule has 0 fully saturated rings. The molecular formula is C29H55N14Se7. The fourth-order valence-electron chi connectivity index (χ4n) is 3.77. The Bertz CT molecular complexity index is 1100. The van der Waals surface area contributed by atoms with Crippen LogP contribution in [0.2, 0.25) is 0 Å². The van der Waals surface area contributed by atoms with Crippen molar-refractivity contribution in [1.82, 2.24) is 30.7 Å². The third kappa shape index (κ3) is 30.4. The van der Waals surface area contributed by atoms with E-state index >= 15 is 0 Å². The van der Waals surface area contributed by atoms with Crippen molar-refractivity contribution in [3.8, 4) is 0 Å². The average Bonchev–Trinajstić information content (AvgIpc) is 3.88. The van der Waals surface area contributed by atoms with Crippen molar-refractivity contribution in [1.29, 1.82) is 5.41 Å². The summed E-state index contributed by atoms with van der Waals surface area (Å²) >= 11 is 19.4. The first-order valence-electron chi connectivity index (χ1n) is 16.4. The van der Waals surface area contributed by atoms with Crippen molar-refractivity contribution in [3.05, 3.63) is 0 Å². The maximum atomic E-state index is 6.22. The maximum absolute atomic E-state index is 6.22. The first-order valence-corrected chi connectivity index (χ1v) is 22.4. The minimum absolute atomic E-state index is 0.0417. The van der Waals surface area contributed by atoms with Gasteiger partial charge in [0.05, 0.1) is 0 Å². The van der Waals surface area contributed by atoms with Gasteiger partial charge in [0.25, 0.3) is 0 Å². The monoisotopic (exact) mass is 1160 g/mol. The van der Waals surface area contributed by atoms with Gasteiger partial charge in [-0.1, -0.05) is 0 Å². The van der Waals surface area contributed by atoms with Crippen molar-refractivity contribution < 1.29 is 0 Å². The number of amidine groups is 7. The Kier molecular flexibility index (Phi) is 36.1. The predicted molar refractivity (Wildman–Crippen MR) is 222 cm³/mol. The van der Waals surface area contributed by atoms with E-state index in [1.54, 1.807) is 7.05 Å². The molecule has 0 spiro atoms. The second kappa shape index (κ2) is 34.7. The van der Waals surface area contributed by atoms with Gasteiger partial charge in [0.2, 0.25) is 0 Å². The van der Waals surface area contributed by atoms with E-state index in [1.807, 2.05) is 7.05 Å². The molecule has 0 atom stereocenters. The Balaban J connectivity index is 0. The van der Waals surface area contributed by atoms with Crippen LogP contribution in [0.15, 0.2) is 30.0 Å². The second-order valence-electron chi connectivity index (χ2n) is 10.4. The molecule has 50 heavy (non-hydrogen) atoms. The number of rotatable bonds is 4. The molecule has 0 saturated heterocycles. The first-order chi connectivity index (χ1) is 23.7. The van der Waals surface area contributed by atoms with Crippen LogP contribution in [-0.4, -0.2) is 259 Å². The van der Waals surface area contributed by atoms with E-state index in [-0.39, 0.29) is 4.73 Å². The topological polar surface area (TPSA) is 170 Å². The molecule has 0 aromatic heterocycles. The van der Waals surface area contributed by atoms with Crippen molar-refractivity contribution in [2.45, 2.75) is 53.0 Å². The summed E-state index contributed by atoms with van der Waals surface area (Å²) in [5.74, 6) is 0. The molecule has 0 amide bonds. The van der Waals surface area contributed by atoms with Gasteiger partial charge in [-0.05, 0) is 0 Å². The zero-order valence-corrected chi connectivity index (χ0v) is 42.1. The molecular weight excluding hydrogens is 1100 g/mol. The number of nitrogens with two attached hydrogens (primary N) is 1. The number of hydrogen-bond acceptors (Lipinski definition) is 12. The fraction of sp³-hybridized carbons (Fsp3) is 0.759. The van der Waals surface area contributed by atoms with Crippen LogP contribution in [0, 0.1) is 5.41 Å². The van der Waals surface area contributed by atoms with Crippen LogP contribution in [0.3, 0.4) is 0 Å². The van der Waals surface area contributed by atoms with Crippen LogP contribution >= 0.6 is 0 Å². The van der Waals surface area contributed by atoms with Crippen LogP contribution in [0.4, 0.5) is 0 Å². The van der Waals surface area contributed by atoms with Gasteiger partial charge in [-0.2, -0.15) is 0 Å². The summed E-state index contributed by atoms with van der Waals surface area (Å²) in [7, 11) is 3.54. The summed E-state index contributed by atoms with van der Waals surface area (Å²) in [4.78, 5) is 31.3. The van der Waals surface area contributed by atoms with Crippen molar-refractivity contribution in [2.24, 2.45) is 35.7 Å². The van der Waals surface area contributed by atoms with Gasteiger partial charge < -0.3 is 0 Å². The van der Waals surface area contributed by atoms with Crippen molar-refractivity contribution in [3.63, 3.8) is 0 Å². The first kappa shape index (κ1) is 52.0. The van der Waals surface area contributed by atoms with E-state index in [2.05, 4.69) is 206 Å². The molecule has 0 aromatic carbocycles. The molecule has 5 rings (SSSR count). The van der Waals surface area contributed by atoms with Crippen LogP contribution < -0.4 is 21.7 Å². The summed E-state index contributed by atoms with van der Waals surface area (Å²) in [5.41, 5.74) is 4.64. The Hall–Kier alpha value is -0.0736. The molecule has 14 nitrogen and oxygen atoms in total. The Morgan fingerprint density at radius 3 is 1.58 bits per heavy atom. The molecule has 5 heterocycles. The average molecular weight is 1150 g/mol. The molecule has 5 aliphatic heterocycles. The Morgan fingerprint density at radius 2 is 1.30 bits per heavy atom. The van der Waals surface area contributed by atoms with E-state index in [0.29, 0.717) is 6.04 Å². The summed E-state index contributed by atoms with van der Waals surface area (Å²) < 4.78 is 6.06. The standard InChI is InChI=1S/2C6H11N2Se.2C5H9N2Se.C3H5N2Se.C3H7N2Se.CH3N2Se/c1-5(2)8-4-3-7-6(8)9;1-2-4-8-5-3-7-6(8)9;1-2-7-4-3-6-5(7)8;8-5-6-3-1-2-4-7-5;6-3-4-1-2-5-3;1-4-3(6)5-2;2-1(3)4/h5H,3-4H2,1-2H3;2-5H2,1H3;2-4H2,1H3;1-4H2,(H,6,7);1-2H2,(H,4,5);1-2H3,(H,4,5);(H3,2,3). The normalized spacial score (nSPS) is 17.3. The second-order valence-corrected chi connectivity index (χ2v) is 16.1. The number of likely N-dealkylation sites (N-methyl/N-ethyl adjacent to an activating group) is 1. The SMILES string of the molecule is CC(C)N1CCN=C1[Se].CCCN1CCN=C1[Se].CCN1CCN=C1[Se].CN=C([Se])NC.N=C(N)[Se].[Se]C1=NCCCCN1.[Se]C1=NCCN1. The van der Waals surface area contributed by atoms with Crippen LogP contribution in [0.25, 0.3) is 0 Å². The Morgan fingerprint density at radius 1 is 0.800 bits per heavy atom. The molecule has 7 radical (unpaired) electrons. The molecule has 6 N–H and O–H groups in total. The van der Waals surface area contributed by atoms with E-state index in [9.17, 15) is 0 Å². The van der Waals surface area contributed by atoms with Gasteiger partial charge in [-0.15, -0.1) is 0 Å². The minimum atomic E-state index is 0.0417. The van der Waals surface area contributed by atoms with Gasteiger partial charge in [0.1, 0.15) is 0 Å². The van der Waals surface area contributed by atoms with Crippen molar-refractivity contribution in [2.75, 3.05) is 92.6 Å². The van der Waals surface area contributed by atoms with Gasteiger partial charge in [-0.25, -0.2) is 0 Å². The summed E-state index contributed by atoms with van der Waals surface area (Å²) in [5, 5.41) is 15.2. The molecule has 5 aliphatic rings. The van der Waals surface area contributed by atoms with Gasteiger partial charge in [0.15, 0.2) is 0 Å². The number of aliphatic imine (C=N–C) groups is 6. The molecule has 21 heteroatoms. The predicted octanol–water partition coefficient (Wildman–Crippen LogP) is -2.27. The van der Waals surface area contributed by atoms with E-state index in [0.717, 1.165) is 107 Å². The Labute approximate surface area is 359 Å². The van der Waals surface area contributed by atoms with Crippen LogP contribution in [-0.2, 0) is 0 Å². The van der Waals surface area contributed by atoms with E-state index < -0.39 is 0 Å². The van der Waals surface area contributed by atoms with Gasteiger partial charge in [-0.3, -0.25) is 0 Å². The summed E-state index contributed by atoms with van der Waals surface area (Å²) in [6.07, 6.45) is 3.67. The zero-order chi connectivity index (χ0) is 38.3. The zero-order valence-electron chi connectivity index (χ0n) is 30.1. The third-order valence-electron chi connectivity index (χ3n) is 6.28. The van der Waals surface area contributed by atoms with E-state index in [1.165, 1.54) is 19.3 Å². The molecule has 0 unspecified atom stereocenters. The van der Waals surface area contributed by atoms with Gasteiger partial charge in [0, 0.05) is 0 Å². The van der Waals surface area contributed by atoms with Crippen LogP contribution in [0.5, 0.6) is 0 Å². The number of hydrogen-bond donors (Lipinski definition) is 5. The van der Waals surface area contributed by atoms with Crippen LogP contribution in [0.1, 0.15) is 47.0 Å².